The first-order valence-electron chi connectivity index (χ1n) is 11.0. The molecule has 3 heterocycles. The predicted octanol–water partition coefficient (Wildman–Crippen LogP) is 2.04. The van der Waals surface area contributed by atoms with E-state index in [-0.39, 0.29) is 11.8 Å². The molecule has 1 N–H and O–H groups in total. The van der Waals surface area contributed by atoms with Gasteiger partial charge in [-0.2, -0.15) is 5.10 Å². The van der Waals surface area contributed by atoms with E-state index in [1.807, 2.05) is 21.8 Å². The second-order valence-corrected chi connectivity index (χ2v) is 8.05. The van der Waals surface area contributed by atoms with Crippen molar-refractivity contribution in [2.24, 2.45) is 0 Å². The molecule has 0 saturated carbocycles. The predicted molar refractivity (Wildman–Crippen MR) is 109 cm³/mol. The third kappa shape index (κ3) is 6.62. The number of piperidine rings is 1. The van der Waals surface area contributed by atoms with Crippen LogP contribution in [-0.2, 0) is 16.1 Å². The Morgan fingerprint density at radius 2 is 1.93 bits per heavy atom. The van der Waals surface area contributed by atoms with Crippen LogP contribution in [0.25, 0.3) is 0 Å². The maximum absolute atomic E-state index is 12.8. The van der Waals surface area contributed by atoms with Crippen molar-refractivity contribution in [2.45, 2.75) is 70.4 Å². The lowest BCUT2D eigenvalue weighted by atomic mass is 9.98. The van der Waals surface area contributed by atoms with E-state index in [0.29, 0.717) is 25.4 Å². The fraction of sp³-hybridized carbons (Fsp3) is 0.762. The summed E-state index contributed by atoms with van der Waals surface area (Å²) >= 11 is 0. The molecule has 0 bridgehead atoms. The summed E-state index contributed by atoms with van der Waals surface area (Å²) in [5.74, 6) is 0.434. The van der Waals surface area contributed by atoms with Gasteiger partial charge >= 0.3 is 0 Å². The number of carbonyl (C=O) groups excluding carboxylic acids is 2. The van der Waals surface area contributed by atoms with Gasteiger partial charge in [-0.05, 0) is 51.1 Å². The topological polar surface area (TPSA) is 70.5 Å². The maximum atomic E-state index is 12.8. The highest BCUT2D eigenvalue weighted by atomic mass is 16.2. The molecule has 1 atom stereocenters. The van der Waals surface area contributed by atoms with E-state index in [1.165, 1.54) is 12.8 Å². The first-order chi connectivity index (χ1) is 13.7. The fourth-order valence-corrected chi connectivity index (χ4v) is 4.34. The van der Waals surface area contributed by atoms with Crippen LogP contribution in [-0.4, -0.2) is 70.2 Å². The monoisotopic (exact) mass is 389 g/mol. The van der Waals surface area contributed by atoms with Gasteiger partial charge in [-0.25, -0.2) is 0 Å². The first kappa shape index (κ1) is 20.8. The first-order valence-corrected chi connectivity index (χ1v) is 11.0. The maximum Gasteiger partial charge on any atom is 0.222 e. The van der Waals surface area contributed by atoms with Gasteiger partial charge < -0.3 is 10.2 Å². The molecule has 2 saturated heterocycles. The summed E-state index contributed by atoms with van der Waals surface area (Å²) in [4.78, 5) is 29.5. The quantitative estimate of drug-likeness (QED) is 0.855. The molecule has 28 heavy (non-hydrogen) atoms. The number of aromatic nitrogens is 2. The third-order valence-corrected chi connectivity index (χ3v) is 5.91. The Bertz CT molecular complexity index is 604. The molecule has 0 radical (unpaired) electrons. The second-order valence-electron chi connectivity index (χ2n) is 8.05. The van der Waals surface area contributed by atoms with E-state index in [0.717, 1.165) is 64.8 Å². The lowest BCUT2D eigenvalue weighted by Crippen LogP contribution is -2.44. The van der Waals surface area contributed by atoms with Crippen LogP contribution in [0.4, 0.5) is 0 Å². The Hall–Kier alpha value is -1.89. The van der Waals surface area contributed by atoms with Gasteiger partial charge in [0.15, 0.2) is 0 Å². The van der Waals surface area contributed by atoms with Crippen LogP contribution in [0.1, 0.15) is 57.8 Å². The van der Waals surface area contributed by atoms with Crippen LogP contribution < -0.4 is 5.32 Å². The summed E-state index contributed by atoms with van der Waals surface area (Å²) in [7, 11) is 0. The van der Waals surface area contributed by atoms with Crippen LogP contribution >= 0.6 is 0 Å². The Kier molecular flexibility index (Phi) is 8.33. The Balaban J connectivity index is 1.51. The number of nitrogens with zero attached hydrogens (tertiary/aromatic N) is 4. The minimum absolute atomic E-state index is 0.183. The molecule has 2 fully saturated rings. The van der Waals surface area contributed by atoms with Gasteiger partial charge in [0.05, 0.1) is 0 Å². The molecule has 7 heteroatoms. The van der Waals surface area contributed by atoms with Crippen LogP contribution in [0.15, 0.2) is 18.5 Å². The molecular formula is C21H35N5O2. The molecule has 1 aromatic heterocycles. The normalized spacial score (nSPS) is 23.1. The molecular weight excluding hydrogens is 354 g/mol. The Morgan fingerprint density at radius 1 is 1.11 bits per heavy atom. The molecule has 0 spiro atoms. The standard InChI is InChI=1S/C21H35N5O2/c27-20-18-19-8-1-3-12-24(19)14-7-15-25(13-4-2-10-22-20)21(28)9-5-16-26-17-6-11-23-26/h6,11,17,19H,1-5,7-10,12-16,18H2,(H,22,27). The summed E-state index contributed by atoms with van der Waals surface area (Å²) < 4.78 is 1.88. The molecule has 3 rings (SSSR count). The highest BCUT2D eigenvalue weighted by Crippen LogP contribution is 2.20. The number of amides is 2. The SMILES string of the molecule is O=C1CC2CCCCN2CCCN(C(=O)CCCn2cccn2)CCCCN1. The highest BCUT2D eigenvalue weighted by molar-refractivity contribution is 5.76. The second kappa shape index (κ2) is 11.2. The van der Waals surface area contributed by atoms with Crippen molar-refractivity contribution in [1.82, 2.24) is 24.9 Å². The average molecular weight is 390 g/mol. The van der Waals surface area contributed by atoms with E-state index < -0.39 is 0 Å². The van der Waals surface area contributed by atoms with Gasteiger partial charge in [0.2, 0.25) is 11.8 Å². The average Bonchev–Trinajstić information content (AvgIpc) is 3.20. The number of hydrogen-bond donors (Lipinski definition) is 1. The fourth-order valence-electron chi connectivity index (χ4n) is 4.34. The molecule has 156 valence electrons. The number of fused-ring (bicyclic) bond motifs is 1. The van der Waals surface area contributed by atoms with Crippen molar-refractivity contribution < 1.29 is 9.59 Å². The van der Waals surface area contributed by atoms with Crippen molar-refractivity contribution in [3.8, 4) is 0 Å². The van der Waals surface area contributed by atoms with E-state index >= 15 is 0 Å². The van der Waals surface area contributed by atoms with E-state index in [1.54, 1.807) is 6.20 Å². The number of nitrogens with one attached hydrogen (secondary N) is 1. The van der Waals surface area contributed by atoms with Crippen molar-refractivity contribution in [1.29, 1.82) is 0 Å². The van der Waals surface area contributed by atoms with Gasteiger partial charge in [0.25, 0.3) is 0 Å². The number of aryl methyl sites for hydroxylation is 1. The molecule has 2 aliphatic rings. The van der Waals surface area contributed by atoms with E-state index in [4.69, 9.17) is 0 Å². The minimum Gasteiger partial charge on any atom is -0.356 e. The molecule has 1 unspecified atom stereocenters. The smallest absolute Gasteiger partial charge is 0.222 e. The Labute approximate surface area is 168 Å². The zero-order chi connectivity index (χ0) is 19.6. The summed E-state index contributed by atoms with van der Waals surface area (Å²) in [6.07, 6.45) is 12.1. The molecule has 1 aromatic rings. The van der Waals surface area contributed by atoms with Crippen LogP contribution in [0.5, 0.6) is 0 Å². The molecule has 2 aliphatic heterocycles. The molecule has 2 amide bonds. The number of carbonyl (C=O) groups is 2. The third-order valence-electron chi connectivity index (χ3n) is 5.91. The largest absolute Gasteiger partial charge is 0.356 e. The van der Waals surface area contributed by atoms with Gasteiger partial charge in [-0.3, -0.25) is 19.2 Å². The van der Waals surface area contributed by atoms with Crippen molar-refractivity contribution in [2.75, 3.05) is 32.7 Å². The summed E-state index contributed by atoms with van der Waals surface area (Å²) in [6, 6.07) is 2.28. The number of rotatable bonds is 4. The van der Waals surface area contributed by atoms with E-state index in [9.17, 15) is 9.59 Å². The molecule has 0 aromatic carbocycles. The van der Waals surface area contributed by atoms with Gasteiger partial charge in [-0.1, -0.05) is 6.42 Å². The van der Waals surface area contributed by atoms with Crippen LogP contribution in [0.2, 0.25) is 0 Å². The lowest BCUT2D eigenvalue weighted by Gasteiger charge is -2.35. The summed E-state index contributed by atoms with van der Waals surface area (Å²) in [5.41, 5.74) is 0. The van der Waals surface area contributed by atoms with Crippen molar-refractivity contribution in [3.63, 3.8) is 0 Å². The van der Waals surface area contributed by atoms with E-state index in [2.05, 4.69) is 15.3 Å². The Morgan fingerprint density at radius 3 is 2.79 bits per heavy atom. The zero-order valence-electron chi connectivity index (χ0n) is 17.0. The molecule has 7 nitrogen and oxygen atoms in total. The van der Waals surface area contributed by atoms with Gasteiger partial charge in [0.1, 0.15) is 0 Å². The zero-order valence-corrected chi connectivity index (χ0v) is 17.0. The van der Waals surface area contributed by atoms with Crippen LogP contribution in [0, 0.1) is 0 Å². The van der Waals surface area contributed by atoms with Crippen LogP contribution in [0.3, 0.4) is 0 Å². The highest BCUT2D eigenvalue weighted by Gasteiger charge is 2.25. The van der Waals surface area contributed by atoms with Crippen molar-refractivity contribution in [3.05, 3.63) is 18.5 Å². The van der Waals surface area contributed by atoms with Gasteiger partial charge in [-0.15, -0.1) is 0 Å². The number of hydrogen-bond acceptors (Lipinski definition) is 4. The van der Waals surface area contributed by atoms with Crippen molar-refractivity contribution >= 4 is 11.8 Å². The molecule has 0 aliphatic carbocycles. The summed E-state index contributed by atoms with van der Waals surface area (Å²) in [6.45, 7) is 5.18. The summed E-state index contributed by atoms with van der Waals surface area (Å²) in [5, 5.41) is 7.27. The van der Waals surface area contributed by atoms with Gasteiger partial charge in [0, 0.05) is 64.0 Å². The lowest BCUT2D eigenvalue weighted by molar-refractivity contribution is -0.131. The minimum atomic E-state index is 0.183.